The molecule has 0 unspecified atom stereocenters. The first-order chi connectivity index (χ1) is 13.3. The first-order valence-electron chi connectivity index (χ1n) is 8.22. The zero-order valence-corrected chi connectivity index (χ0v) is 16.8. The van der Waals surface area contributed by atoms with Crippen LogP contribution in [-0.2, 0) is 0 Å². The number of amidine groups is 1. The Morgan fingerprint density at radius 3 is 2.36 bits per heavy atom. The van der Waals surface area contributed by atoms with Gasteiger partial charge in [-0.05, 0) is 30.7 Å². The van der Waals surface area contributed by atoms with E-state index in [9.17, 15) is 8.78 Å². The number of hydrazine groups is 1. The molecule has 28 heavy (non-hydrogen) atoms. The van der Waals surface area contributed by atoms with E-state index >= 15 is 0 Å². The molecule has 6 N–H and O–H groups in total. The summed E-state index contributed by atoms with van der Waals surface area (Å²) >= 11 is 6.00. The van der Waals surface area contributed by atoms with Crippen molar-refractivity contribution in [3.05, 3.63) is 72.1 Å². The van der Waals surface area contributed by atoms with E-state index in [0.29, 0.717) is 10.6 Å². The van der Waals surface area contributed by atoms with Gasteiger partial charge in [-0.3, -0.25) is 5.01 Å². The Bertz CT molecular complexity index is 820. The minimum Gasteiger partial charge on any atom is -0.383 e. The van der Waals surface area contributed by atoms with Gasteiger partial charge in [0.25, 0.3) is 0 Å². The number of anilines is 1. The van der Waals surface area contributed by atoms with Gasteiger partial charge in [-0.1, -0.05) is 44.2 Å². The number of nitrogens with zero attached hydrogens (tertiary/aromatic N) is 3. The Labute approximate surface area is 169 Å². The summed E-state index contributed by atoms with van der Waals surface area (Å²) in [7, 11) is 0. The SMILES string of the molecule is C/C(F)=C/F.C=CN(N)/C(=N\N)c1cc(-c2cccc(Cl)c2)cnc1N.CC. The minimum atomic E-state index is -0.787. The summed E-state index contributed by atoms with van der Waals surface area (Å²) in [5, 5.41) is 5.45. The van der Waals surface area contributed by atoms with Crippen molar-refractivity contribution in [2.45, 2.75) is 20.8 Å². The fraction of sp³-hybridized carbons (Fsp3) is 0.158. The largest absolute Gasteiger partial charge is 0.383 e. The summed E-state index contributed by atoms with van der Waals surface area (Å²) < 4.78 is 21.5. The van der Waals surface area contributed by atoms with Gasteiger partial charge < -0.3 is 11.6 Å². The number of hydrazone groups is 1. The number of halogens is 3. The molecule has 0 radical (unpaired) electrons. The van der Waals surface area contributed by atoms with E-state index in [1.807, 2.05) is 32.0 Å². The molecule has 2 aromatic rings. The Balaban J connectivity index is 0.000000906. The molecule has 0 bridgehead atoms. The highest BCUT2D eigenvalue weighted by Crippen LogP contribution is 2.25. The molecular formula is C19H25ClF2N6. The Morgan fingerprint density at radius 2 is 1.89 bits per heavy atom. The van der Waals surface area contributed by atoms with Crippen molar-refractivity contribution in [3.63, 3.8) is 0 Å². The molecule has 1 heterocycles. The number of pyridine rings is 1. The van der Waals surface area contributed by atoms with Gasteiger partial charge in [-0.15, -0.1) is 0 Å². The van der Waals surface area contributed by atoms with Gasteiger partial charge in [0, 0.05) is 23.0 Å². The molecule has 9 heteroatoms. The van der Waals surface area contributed by atoms with Crippen LogP contribution in [0, 0.1) is 0 Å². The molecule has 0 fully saturated rings. The van der Waals surface area contributed by atoms with Gasteiger partial charge in [0.2, 0.25) is 0 Å². The third-order valence-corrected chi connectivity index (χ3v) is 3.27. The normalized spacial score (nSPS) is 10.8. The molecule has 152 valence electrons. The van der Waals surface area contributed by atoms with Crippen LogP contribution in [0.2, 0.25) is 5.02 Å². The van der Waals surface area contributed by atoms with Crippen molar-refractivity contribution in [2.75, 3.05) is 5.73 Å². The molecule has 1 aromatic heterocycles. The van der Waals surface area contributed by atoms with Gasteiger partial charge in [0.1, 0.15) is 18.0 Å². The highest BCUT2D eigenvalue weighted by Gasteiger charge is 2.14. The molecule has 0 saturated carbocycles. The summed E-state index contributed by atoms with van der Waals surface area (Å²) in [4.78, 5) is 4.15. The molecule has 6 nitrogen and oxygen atoms in total. The van der Waals surface area contributed by atoms with Gasteiger partial charge in [0.05, 0.1) is 5.56 Å². The molecule has 2 rings (SSSR count). The van der Waals surface area contributed by atoms with Crippen LogP contribution in [0.5, 0.6) is 0 Å². The van der Waals surface area contributed by atoms with Crippen LogP contribution in [0.1, 0.15) is 26.3 Å². The second-order valence-electron chi connectivity index (χ2n) is 4.91. The van der Waals surface area contributed by atoms with Crippen molar-refractivity contribution < 1.29 is 8.78 Å². The monoisotopic (exact) mass is 410 g/mol. The van der Waals surface area contributed by atoms with Crippen molar-refractivity contribution in [3.8, 4) is 11.1 Å². The number of nitrogen functional groups attached to an aromatic ring is 1. The summed E-state index contributed by atoms with van der Waals surface area (Å²) in [6.07, 6.45) is 2.94. The number of allylic oxidation sites excluding steroid dienone is 1. The first kappa shape index (κ1) is 25.0. The lowest BCUT2D eigenvalue weighted by molar-refractivity contribution is 0.586. The maximum atomic E-state index is 10.9. The fourth-order valence-electron chi connectivity index (χ4n) is 1.84. The van der Waals surface area contributed by atoms with Gasteiger partial charge in [-0.25, -0.2) is 19.6 Å². The molecule has 0 atom stereocenters. The van der Waals surface area contributed by atoms with Gasteiger partial charge in [0.15, 0.2) is 5.84 Å². The topological polar surface area (TPSA) is 107 Å². The minimum absolute atomic E-state index is 0.0833. The molecule has 0 spiro atoms. The van der Waals surface area contributed by atoms with E-state index in [1.165, 1.54) is 11.2 Å². The predicted molar refractivity (Wildman–Crippen MR) is 113 cm³/mol. The quantitative estimate of drug-likeness (QED) is 0.293. The molecule has 1 aromatic carbocycles. The van der Waals surface area contributed by atoms with Crippen LogP contribution in [0.15, 0.2) is 66.6 Å². The Kier molecular flexibility index (Phi) is 11.8. The van der Waals surface area contributed by atoms with Gasteiger partial charge in [-0.2, -0.15) is 5.10 Å². The highest BCUT2D eigenvalue weighted by molar-refractivity contribution is 6.30. The van der Waals surface area contributed by atoms with E-state index in [-0.39, 0.29) is 18.0 Å². The van der Waals surface area contributed by atoms with Crippen molar-refractivity contribution in [1.82, 2.24) is 9.99 Å². The van der Waals surface area contributed by atoms with E-state index in [0.717, 1.165) is 18.1 Å². The van der Waals surface area contributed by atoms with Gasteiger partial charge >= 0.3 is 0 Å². The predicted octanol–water partition coefficient (Wildman–Crippen LogP) is 4.74. The average molecular weight is 411 g/mol. The van der Waals surface area contributed by atoms with Crippen molar-refractivity contribution in [1.29, 1.82) is 0 Å². The number of aromatic nitrogens is 1. The van der Waals surface area contributed by atoms with Crippen LogP contribution in [0.3, 0.4) is 0 Å². The van der Waals surface area contributed by atoms with Crippen LogP contribution < -0.4 is 17.4 Å². The smallest absolute Gasteiger partial charge is 0.177 e. The molecule has 0 aliphatic carbocycles. The summed E-state index contributed by atoms with van der Waals surface area (Å²) in [6, 6.07) is 9.18. The Morgan fingerprint density at radius 1 is 1.29 bits per heavy atom. The van der Waals surface area contributed by atoms with E-state index < -0.39 is 5.83 Å². The average Bonchev–Trinajstić information content (AvgIpc) is 2.71. The van der Waals surface area contributed by atoms with Crippen LogP contribution in [-0.4, -0.2) is 15.8 Å². The summed E-state index contributed by atoms with van der Waals surface area (Å²) in [5.74, 6) is 10.9. The lowest BCUT2D eigenvalue weighted by Gasteiger charge is -2.17. The number of hydrogen-bond acceptors (Lipinski definition) is 5. The highest BCUT2D eigenvalue weighted by atomic mass is 35.5. The van der Waals surface area contributed by atoms with Crippen molar-refractivity contribution in [2.24, 2.45) is 16.8 Å². The number of benzene rings is 1. The fourth-order valence-corrected chi connectivity index (χ4v) is 2.03. The zero-order valence-electron chi connectivity index (χ0n) is 16.0. The van der Waals surface area contributed by atoms with E-state index in [2.05, 4.69) is 16.7 Å². The first-order valence-corrected chi connectivity index (χ1v) is 8.60. The van der Waals surface area contributed by atoms with Crippen molar-refractivity contribution >= 4 is 23.3 Å². The molecular weight excluding hydrogens is 386 g/mol. The summed E-state index contributed by atoms with van der Waals surface area (Å²) in [6.45, 7) is 8.60. The maximum absolute atomic E-state index is 10.9. The van der Waals surface area contributed by atoms with E-state index in [1.54, 1.807) is 18.3 Å². The van der Waals surface area contributed by atoms with E-state index in [4.69, 9.17) is 29.0 Å². The third-order valence-electron chi connectivity index (χ3n) is 3.03. The van der Waals surface area contributed by atoms with Crippen LogP contribution in [0.4, 0.5) is 14.6 Å². The third kappa shape index (κ3) is 7.73. The molecule has 0 aliphatic rings. The van der Waals surface area contributed by atoms with Crippen LogP contribution in [0.25, 0.3) is 11.1 Å². The lowest BCUT2D eigenvalue weighted by atomic mass is 10.1. The molecule has 0 saturated heterocycles. The van der Waals surface area contributed by atoms with Crippen LogP contribution >= 0.6 is 11.6 Å². The number of nitrogens with two attached hydrogens (primary N) is 3. The second kappa shape index (κ2) is 13.2. The standard InChI is InChI=1S/C14H15ClN6.C3H4F2.C2H6/c1-2-21(18)14(20-17)12-7-10(8-19-13(12)16)9-4-3-5-11(15)6-9;1-3(5)2-4;1-2/h2-8H,1,17-18H2,(H2,16,19);2H,1H3;1-2H3/b20-14-;3-2-;. The number of rotatable bonds is 3. The second-order valence-corrected chi connectivity index (χ2v) is 5.34. The maximum Gasteiger partial charge on any atom is 0.177 e. The molecule has 0 amide bonds. The number of hydrogen-bond donors (Lipinski definition) is 3. The Hall–Kier alpha value is -2.97. The molecule has 0 aliphatic heterocycles. The lowest BCUT2D eigenvalue weighted by Crippen LogP contribution is -2.34. The zero-order chi connectivity index (χ0) is 21.7. The summed E-state index contributed by atoms with van der Waals surface area (Å²) in [5.41, 5.74) is 8.11.